The maximum Gasteiger partial charge on any atom is 0.274 e. The van der Waals surface area contributed by atoms with E-state index in [1.807, 2.05) is 37.3 Å². The number of carbonyl (C=O) groups is 1. The molecule has 0 aliphatic carbocycles. The normalized spacial score (nSPS) is 20.2. The molecule has 1 amide bonds. The first-order valence-electron chi connectivity index (χ1n) is 9.24. The summed E-state index contributed by atoms with van der Waals surface area (Å²) >= 11 is 0. The first kappa shape index (κ1) is 18.5. The van der Waals surface area contributed by atoms with Crippen molar-refractivity contribution >= 4 is 5.91 Å². The molecule has 1 aliphatic heterocycles. The third-order valence-corrected chi connectivity index (χ3v) is 4.74. The Bertz CT molecular complexity index is 741. The van der Waals surface area contributed by atoms with Gasteiger partial charge in [-0.3, -0.25) is 9.89 Å². The SMILES string of the molecule is CCCc1cc(C(=O)N2CCCC(O)(COc3ccc(C)cc3)C2)n[nH]1. The summed E-state index contributed by atoms with van der Waals surface area (Å²) in [5.41, 5.74) is 1.50. The Labute approximate surface area is 154 Å². The number of nitrogens with one attached hydrogen (secondary N) is 1. The number of nitrogens with zero attached hydrogens (tertiary/aromatic N) is 2. The van der Waals surface area contributed by atoms with Crippen LogP contribution in [-0.2, 0) is 6.42 Å². The summed E-state index contributed by atoms with van der Waals surface area (Å²) in [6.45, 7) is 5.15. The molecule has 140 valence electrons. The highest BCUT2D eigenvalue weighted by molar-refractivity contribution is 5.92. The minimum atomic E-state index is -1.04. The van der Waals surface area contributed by atoms with Crippen molar-refractivity contribution in [1.29, 1.82) is 0 Å². The lowest BCUT2D eigenvalue weighted by atomic mass is 9.93. The quantitative estimate of drug-likeness (QED) is 0.833. The first-order chi connectivity index (χ1) is 12.5. The van der Waals surface area contributed by atoms with Gasteiger partial charge in [0.15, 0.2) is 0 Å². The number of piperidine rings is 1. The molecule has 26 heavy (non-hydrogen) atoms. The molecule has 1 aliphatic rings. The lowest BCUT2D eigenvalue weighted by Gasteiger charge is -2.38. The number of aromatic amines is 1. The molecule has 1 atom stereocenters. The van der Waals surface area contributed by atoms with Crippen LogP contribution in [0.5, 0.6) is 5.75 Å². The molecule has 0 saturated carbocycles. The fourth-order valence-electron chi connectivity index (χ4n) is 3.29. The number of H-pyrrole nitrogens is 1. The number of β-amino-alcohol motifs (C(OH)–C–C–N with tert-alkyl or cyclic N) is 1. The number of carbonyl (C=O) groups excluding carboxylic acids is 1. The minimum absolute atomic E-state index is 0.142. The fourth-order valence-corrected chi connectivity index (χ4v) is 3.29. The van der Waals surface area contributed by atoms with Crippen LogP contribution in [0.25, 0.3) is 0 Å². The summed E-state index contributed by atoms with van der Waals surface area (Å²) in [5.74, 6) is 0.584. The van der Waals surface area contributed by atoms with Crippen LogP contribution in [0.1, 0.15) is 47.9 Å². The lowest BCUT2D eigenvalue weighted by Crippen LogP contribution is -2.53. The van der Waals surface area contributed by atoms with Crippen LogP contribution in [0.2, 0.25) is 0 Å². The predicted octanol–water partition coefficient (Wildman–Crippen LogP) is 2.72. The van der Waals surface area contributed by atoms with Crippen LogP contribution >= 0.6 is 0 Å². The van der Waals surface area contributed by atoms with Crippen LogP contribution in [0.3, 0.4) is 0 Å². The number of aliphatic hydroxyl groups is 1. The number of hydrogen-bond donors (Lipinski definition) is 2. The monoisotopic (exact) mass is 357 g/mol. The summed E-state index contributed by atoms with van der Waals surface area (Å²) in [7, 11) is 0. The summed E-state index contributed by atoms with van der Waals surface area (Å²) < 4.78 is 5.76. The maximum atomic E-state index is 12.7. The highest BCUT2D eigenvalue weighted by Gasteiger charge is 2.36. The zero-order valence-corrected chi connectivity index (χ0v) is 15.5. The number of ether oxygens (including phenoxy) is 1. The Balaban J connectivity index is 1.61. The lowest BCUT2D eigenvalue weighted by molar-refractivity contribution is -0.0533. The molecule has 6 heteroatoms. The van der Waals surface area contributed by atoms with E-state index in [1.54, 1.807) is 4.90 Å². The van der Waals surface area contributed by atoms with Crippen LogP contribution in [0, 0.1) is 6.92 Å². The molecular formula is C20H27N3O3. The summed E-state index contributed by atoms with van der Waals surface area (Å²) in [5, 5.41) is 17.9. The van der Waals surface area contributed by atoms with Crippen molar-refractivity contribution in [2.45, 2.75) is 45.1 Å². The molecule has 1 fully saturated rings. The van der Waals surface area contributed by atoms with Gasteiger partial charge < -0.3 is 14.7 Å². The molecule has 2 N–H and O–H groups in total. The largest absolute Gasteiger partial charge is 0.491 e. The number of amides is 1. The Morgan fingerprint density at radius 1 is 1.38 bits per heavy atom. The highest BCUT2D eigenvalue weighted by Crippen LogP contribution is 2.24. The number of benzene rings is 1. The van der Waals surface area contributed by atoms with Crippen molar-refractivity contribution < 1.29 is 14.6 Å². The minimum Gasteiger partial charge on any atom is -0.491 e. The molecule has 6 nitrogen and oxygen atoms in total. The van der Waals surface area contributed by atoms with Crippen LogP contribution in [0.4, 0.5) is 0 Å². The molecule has 2 heterocycles. The number of rotatable bonds is 6. The van der Waals surface area contributed by atoms with Gasteiger partial charge in [-0.25, -0.2) is 0 Å². The number of likely N-dealkylation sites (tertiary alicyclic amines) is 1. The van der Waals surface area contributed by atoms with Gasteiger partial charge in [-0.05, 0) is 44.4 Å². The van der Waals surface area contributed by atoms with Gasteiger partial charge in [0.25, 0.3) is 5.91 Å². The molecule has 0 bridgehead atoms. The first-order valence-corrected chi connectivity index (χ1v) is 9.24. The van der Waals surface area contributed by atoms with Crippen LogP contribution in [0.15, 0.2) is 30.3 Å². The summed E-state index contributed by atoms with van der Waals surface area (Å²) in [6, 6.07) is 9.54. The van der Waals surface area contributed by atoms with Crippen molar-refractivity contribution in [3.05, 3.63) is 47.3 Å². The summed E-state index contributed by atoms with van der Waals surface area (Å²) in [6.07, 6.45) is 3.22. The van der Waals surface area contributed by atoms with Crippen molar-refractivity contribution in [2.75, 3.05) is 19.7 Å². The number of aromatic nitrogens is 2. The topological polar surface area (TPSA) is 78.5 Å². The molecule has 1 aromatic heterocycles. The van der Waals surface area contributed by atoms with Gasteiger partial charge in [-0.1, -0.05) is 31.0 Å². The average Bonchev–Trinajstić information content (AvgIpc) is 3.10. The Kier molecular flexibility index (Phi) is 5.61. The van der Waals surface area contributed by atoms with E-state index in [4.69, 9.17) is 4.74 Å². The van der Waals surface area contributed by atoms with Gasteiger partial charge in [-0.2, -0.15) is 5.10 Å². The third-order valence-electron chi connectivity index (χ3n) is 4.74. The average molecular weight is 357 g/mol. The molecule has 2 aromatic rings. The predicted molar refractivity (Wildman–Crippen MR) is 99.3 cm³/mol. The molecule has 0 spiro atoms. The van der Waals surface area contributed by atoms with Gasteiger partial charge in [0, 0.05) is 12.2 Å². The van der Waals surface area contributed by atoms with E-state index in [0.29, 0.717) is 18.7 Å². The van der Waals surface area contributed by atoms with Gasteiger partial charge in [0.1, 0.15) is 23.7 Å². The maximum absolute atomic E-state index is 12.7. The van der Waals surface area contributed by atoms with Gasteiger partial charge in [-0.15, -0.1) is 0 Å². The molecule has 3 rings (SSSR count). The van der Waals surface area contributed by atoms with Gasteiger partial charge >= 0.3 is 0 Å². The van der Waals surface area contributed by atoms with Crippen molar-refractivity contribution in [3.8, 4) is 5.75 Å². The Morgan fingerprint density at radius 3 is 2.88 bits per heavy atom. The zero-order valence-electron chi connectivity index (χ0n) is 15.5. The molecule has 0 radical (unpaired) electrons. The van der Waals surface area contributed by atoms with E-state index in [9.17, 15) is 9.90 Å². The second kappa shape index (κ2) is 7.91. The number of aryl methyl sites for hydroxylation is 2. The highest BCUT2D eigenvalue weighted by atomic mass is 16.5. The Hall–Kier alpha value is -2.34. The molecule has 1 saturated heterocycles. The van der Waals surface area contributed by atoms with E-state index >= 15 is 0 Å². The van der Waals surface area contributed by atoms with Crippen LogP contribution < -0.4 is 4.74 Å². The van der Waals surface area contributed by atoms with E-state index < -0.39 is 5.60 Å². The van der Waals surface area contributed by atoms with Gasteiger partial charge in [0.2, 0.25) is 0 Å². The van der Waals surface area contributed by atoms with E-state index in [1.165, 1.54) is 0 Å². The molecule has 1 aromatic carbocycles. The van der Waals surface area contributed by atoms with Crippen molar-refractivity contribution in [3.63, 3.8) is 0 Å². The fraction of sp³-hybridized carbons (Fsp3) is 0.500. The Morgan fingerprint density at radius 2 is 2.15 bits per heavy atom. The van der Waals surface area contributed by atoms with E-state index in [-0.39, 0.29) is 19.1 Å². The third kappa shape index (κ3) is 4.43. The van der Waals surface area contributed by atoms with Crippen molar-refractivity contribution in [1.82, 2.24) is 15.1 Å². The molecular weight excluding hydrogens is 330 g/mol. The number of hydrogen-bond acceptors (Lipinski definition) is 4. The smallest absolute Gasteiger partial charge is 0.274 e. The van der Waals surface area contributed by atoms with Gasteiger partial charge in [0.05, 0.1) is 6.54 Å². The second-order valence-corrected chi connectivity index (χ2v) is 7.18. The van der Waals surface area contributed by atoms with Crippen LogP contribution in [-0.4, -0.2) is 51.4 Å². The molecule has 1 unspecified atom stereocenters. The summed E-state index contributed by atoms with van der Waals surface area (Å²) in [4.78, 5) is 14.4. The van der Waals surface area contributed by atoms with E-state index in [2.05, 4.69) is 17.1 Å². The standard InChI is InChI=1S/C20H27N3O3/c1-3-5-16-12-18(22-21-16)19(24)23-11-4-10-20(25,13-23)14-26-17-8-6-15(2)7-9-17/h6-9,12,25H,3-5,10-11,13-14H2,1-2H3,(H,21,22). The zero-order chi connectivity index (χ0) is 18.6. The van der Waals surface area contributed by atoms with Crippen molar-refractivity contribution in [2.24, 2.45) is 0 Å². The second-order valence-electron chi connectivity index (χ2n) is 7.18. The van der Waals surface area contributed by atoms with E-state index in [0.717, 1.165) is 36.3 Å².